The van der Waals surface area contributed by atoms with Gasteiger partial charge in [0.15, 0.2) is 5.82 Å². The normalized spacial score (nSPS) is 14.4. The molecule has 0 atom stereocenters. The third-order valence-corrected chi connectivity index (χ3v) is 5.41. The van der Waals surface area contributed by atoms with Gasteiger partial charge in [-0.25, -0.2) is 4.98 Å². The van der Waals surface area contributed by atoms with Crippen LogP contribution in [0.3, 0.4) is 0 Å². The highest BCUT2D eigenvalue weighted by molar-refractivity contribution is 5.94. The Hall–Kier alpha value is -3.15. The lowest BCUT2D eigenvalue weighted by molar-refractivity contribution is 0.0746. The molecule has 3 aromatic rings. The van der Waals surface area contributed by atoms with Crippen LogP contribution in [0.15, 0.2) is 53.3 Å². The minimum absolute atomic E-state index is 0.0446. The maximum atomic E-state index is 13.1. The Balaban J connectivity index is 1.57. The molecule has 4 rings (SSSR count). The standard InChI is InChI=1S/C23H26N4O2/c1-3-11-27-20-10-5-4-9-19(20)24-21(23(27)29)25-12-14-26(15-13-25)22(28)18-8-6-7-17(2)16-18/h4-10,16H,3,11-15H2,1-2H3. The van der Waals surface area contributed by atoms with Crippen LogP contribution in [0.25, 0.3) is 11.0 Å². The average Bonchev–Trinajstić information content (AvgIpc) is 2.75. The summed E-state index contributed by atoms with van der Waals surface area (Å²) in [6, 6.07) is 15.4. The van der Waals surface area contributed by atoms with Crippen molar-refractivity contribution in [3.05, 3.63) is 70.0 Å². The predicted octanol–water partition coefficient (Wildman–Crippen LogP) is 3.08. The van der Waals surface area contributed by atoms with E-state index in [9.17, 15) is 9.59 Å². The van der Waals surface area contributed by atoms with E-state index in [1.807, 2.05) is 69.8 Å². The first-order chi connectivity index (χ1) is 14.1. The summed E-state index contributed by atoms with van der Waals surface area (Å²) in [7, 11) is 0. The second kappa shape index (κ2) is 8.07. The lowest BCUT2D eigenvalue weighted by Crippen LogP contribution is -2.50. The van der Waals surface area contributed by atoms with Crippen molar-refractivity contribution in [3.8, 4) is 0 Å². The van der Waals surface area contributed by atoms with Gasteiger partial charge < -0.3 is 14.4 Å². The molecule has 0 saturated carbocycles. The Morgan fingerprint density at radius 1 is 1.03 bits per heavy atom. The largest absolute Gasteiger partial charge is 0.348 e. The van der Waals surface area contributed by atoms with E-state index in [0.717, 1.165) is 23.0 Å². The van der Waals surface area contributed by atoms with Crippen molar-refractivity contribution in [2.24, 2.45) is 0 Å². The van der Waals surface area contributed by atoms with Crippen molar-refractivity contribution < 1.29 is 4.79 Å². The van der Waals surface area contributed by atoms with Crippen molar-refractivity contribution in [1.29, 1.82) is 0 Å². The number of rotatable bonds is 4. The van der Waals surface area contributed by atoms with Gasteiger partial charge in [0.1, 0.15) is 0 Å². The van der Waals surface area contributed by atoms with E-state index >= 15 is 0 Å². The van der Waals surface area contributed by atoms with Crippen LogP contribution in [0.4, 0.5) is 5.82 Å². The molecule has 0 bridgehead atoms. The van der Waals surface area contributed by atoms with Crippen molar-refractivity contribution >= 4 is 22.8 Å². The Morgan fingerprint density at radius 3 is 2.52 bits per heavy atom. The van der Waals surface area contributed by atoms with Gasteiger partial charge >= 0.3 is 0 Å². The van der Waals surface area contributed by atoms with Crippen LogP contribution in [0.2, 0.25) is 0 Å². The second-order valence-corrected chi connectivity index (χ2v) is 7.53. The molecule has 1 saturated heterocycles. The minimum atomic E-state index is -0.0518. The second-order valence-electron chi connectivity index (χ2n) is 7.53. The Morgan fingerprint density at radius 2 is 1.79 bits per heavy atom. The molecule has 1 amide bonds. The lowest BCUT2D eigenvalue weighted by Gasteiger charge is -2.35. The summed E-state index contributed by atoms with van der Waals surface area (Å²) in [6.45, 7) is 7.08. The van der Waals surface area contributed by atoms with Gasteiger partial charge in [-0.05, 0) is 37.6 Å². The summed E-state index contributed by atoms with van der Waals surface area (Å²) in [5.74, 6) is 0.531. The van der Waals surface area contributed by atoms with E-state index in [0.29, 0.717) is 44.1 Å². The molecule has 0 spiro atoms. The van der Waals surface area contributed by atoms with Gasteiger partial charge in [0, 0.05) is 38.3 Å². The number of hydrogen-bond donors (Lipinski definition) is 0. The van der Waals surface area contributed by atoms with Gasteiger partial charge in [0.2, 0.25) is 0 Å². The first kappa shape index (κ1) is 19.2. The number of carbonyl (C=O) groups is 1. The van der Waals surface area contributed by atoms with E-state index in [4.69, 9.17) is 0 Å². The fourth-order valence-corrected chi connectivity index (χ4v) is 3.91. The van der Waals surface area contributed by atoms with Crippen LogP contribution in [-0.2, 0) is 6.54 Å². The van der Waals surface area contributed by atoms with Gasteiger partial charge in [0.05, 0.1) is 11.0 Å². The number of aryl methyl sites for hydroxylation is 2. The van der Waals surface area contributed by atoms with Gasteiger partial charge in [-0.1, -0.05) is 36.8 Å². The average molecular weight is 390 g/mol. The number of anilines is 1. The monoisotopic (exact) mass is 390 g/mol. The lowest BCUT2D eigenvalue weighted by atomic mass is 10.1. The van der Waals surface area contributed by atoms with Crippen LogP contribution in [0, 0.1) is 6.92 Å². The number of benzene rings is 2. The van der Waals surface area contributed by atoms with E-state index in [-0.39, 0.29) is 11.5 Å². The fraction of sp³-hybridized carbons (Fsp3) is 0.348. The molecule has 150 valence electrons. The van der Waals surface area contributed by atoms with Crippen LogP contribution in [-0.4, -0.2) is 46.5 Å². The summed E-state index contributed by atoms with van der Waals surface area (Å²) in [4.78, 5) is 34.5. The van der Waals surface area contributed by atoms with Gasteiger partial charge in [-0.2, -0.15) is 0 Å². The molecule has 29 heavy (non-hydrogen) atoms. The van der Waals surface area contributed by atoms with Crippen molar-refractivity contribution in [1.82, 2.24) is 14.5 Å². The summed E-state index contributed by atoms with van der Waals surface area (Å²) < 4.78 is 1.82. The number of fused-ring (bicyclic) bond motifs is 1. The molecular formula is C23H26N4O2. The molecule has 1 aromatic heterocycles. The van der Waals surface area contributed by atoms with E-state index in [1.54, 1.807) is 0 Å². The van der Waals surface area contributed by atoms with Gasteiger partial charge in [-0.15, -0.1) is 0 Å². The molecule has 0 N–H and O–H groups in total. The molecule has 0 radical (unpaired) electrons. The van der Waals surface area contributed by atoms with E-state index in [1.165, 1.54) is 0 Å². The summed E-state index contributed by atoms with van der Waals surface area (Å²) in [5.41, 5.74) is 3.44. The first-order valence-electron chi connectivity index (χ1n) is 10.2. The SMILES string of the molecule is CCCn1c(=O)c(N2CCN(C(=O)c3cccc(C)c3)CC2)nc2ccccc21. The number of carbonyl (C=O) groups excluding carboxylic acids is 1. The highest BCUT2D eigenvalue weighted by Gasteiger charge is 2.25. The predicted molar refractivity (Wildman–Crippen MR) is 116 cm³/mol. The Bertz CT molecular complexity index is 1100. The highest BCUT2D eigenvalue weighted by Crippen LogP contribution is 2.17. The van der Waals surface area contributed by atoms with E-state index < -0.39 is 0 Å². The number of para-hydroxylation sites is 2. The van der Waals surface area contributed by atoms with Crippen molar-refractivity contribution in [2.75, 3.05) is 31.1 Å². The molecule has 0 unspecified atom stereocenters. The van der Waals surface area contributed by atoms with Crippen LogP contribution in [0.5, 0.6) is 0 Å². The highest BCUT2D eigenvalue weighted by atomic mass is 16.2. The van der Waals surface area contributed by atoms with Crippen LogP contribution in [0.1, 0.15) is 29.3 Å². The van der Waals surface area contributed by atoms with Gasteiger partial charge in [0.25, 0.3) is 11.5 Å². The summed E-state index contributed by atoms with van der Waals surface area (Å²) >= 11 is 0. The molecule has 0 aliphatic carbocycles. The number of hydrogen-bond acceptors (Lipinski definition) is 4. The third kappa shape index (κ3) is 3.75. The first-order valence-corrected chi connectivity index (χ1v) is 10.2. The number of piperazine rings is 1. The van der Waals surface area contributed by atoms with Crippen LogP contribution < -0.4 is 10.5 Å². The smallest absolute Gasteiger partial charge is 0.294 e. The Labute approximate surface area is 170 Å². The molecule has 6 nitrogen and oxygen atoms in total. The van der Waals surface area contributed by atoms with Gasteiger partial charge in [-0.3, -0.25) is 9.59 Å². The third-order valence-electron chi connectivity index (χ3n) is 5.41. The maximum absolute atomic E-state index is 13.1. The maximum Gasteiger partial charge on any atom is 0.294 e. The fourth-order valence-electron chi connectivity index (χ4n) is 3.91. The van der Waals surface area contributed by atoms with Crippen molar-refractivity contribution in [3.63, 3.8) is 0 Å². The van der Waals surface area contributed by atoms with Crippen LogP contribution >= 0.6 is 0 Å². The molecule has 1 fully saturated rings. The minimum Gasteiger partial charge on any atom is -0.348 e. The molecule has 6 heteroatoms. The topological polar surface area (TPSA) is 58.4 Å². The molecule has 1 aliphatic rings. The zero-order valence-electron chi connectivity index (χ0n) is 17.0. The molecule has 2 aromatic carbocycles. The zero-order chi connectivity index (χ0) is 20.4. The molecule has 1 aliphatic heterocycles. The van der Waals surface area contributed by atoms with Crippen molar-refractivity contribution in [2.45, 2.75) is 26.8 Å². The number of nitrogens with zero attached hydrogens (tertiary/aromatic N) is 4. The number of amides is 1. The summed E-state index contributed by atoms with van der Waals surface area (Å²) in [6.07, 6.45) is 0.881. The van der Waals surface area contributed by atoms with E-state index in [2.05, 4.69) is 11.9 Å². The zero-order valence-corrected chi connectivity index (χ0v) is 17.0. The molecular weight excluding hydrogens is 364 g/mol. The summed E-state index contributed by atoms with van der Waals surface area (Å²) in [5, 5.41) is 0. The Kier molecular flexibility index (Phi) is 5.34. The molecule has 2 heterocycles. The number of aromatic nitrogens is 2. The quantitative estimate of drug-likeness (QED) is 0.687.